The summed E-state index contributed by atoms with van der Waals surface area (Å²) in [6.45, 7) is 27.7. The Morgan fingerprint density at radius 2 is 1.50 bits per heavy atom. The molecule has 2 unspecified atom stereocenters. The maximum Gasteiger partial charge on any atom is 0.193 e. The normalized spacial score (nSPS) is 29.9. The predicted octanol–water partition coefficient (Wildman–Crippen LogP) is 7.84. The standard InChI is InChI=1S/C24H46O2Si2/c1-12-24-16-14-13-15-19(24)17-20(25-27(8,9)22(2,3)4)21(18-24)26-28(10,11)23(5,6)7/h12,17,20-21H,1,13-16,18H2,2-11H3/t20?,21?,24-/m0/s1. The van der Waals surface area contributed by atoms with E-state index in [4.69, 9.17) is 8.85 Å². The molecule has 1 fully saturated rings. The van der Waals surface area contributed by atoms with Crippen LogP contribution in [0.25, 0.3) is 0 Å². The molecule has 0 heterocycles. The number of hydrogen-bond donors (Lipinski definition) is 0. The highest BCUT2D eigenvalue weighted by molar-refractivity contribution is 6.74. The molecule has 0 N–H and O–H groups in total. The lowest BCUT2D eigenvalue weighted by atomic mass is 9.64. The molecule has 0 amide bonds. The molecule has 0 aliphatic heterocycles. The summed E-state index contributed by atoms with van der Waals surface area (Å²) in [4.78, 5) is 0. The molecule has 2 aliphatic rings. The highest BCUT2D eigenvalue weighted by Crippen LogP contribution is 2.51. The summed E-state index contributed by atoms with van der Waals surface area (Å²) in [5.41, 5.74) is 1.69. The molecular weight excluding hydrogens is 376 g/mol. The Balaban J connectivity index is 2.43. The average molecular weight is 423 g/mol. The van der Waals surface area contributed by atoms with Crippen LogP contribution in [0.3, 0.4) is 0 Å². The Morgan fingerprint density at radius 3 is 2.00 bits per heavy atom. The van der Waals surface area contributed by atoms with Crippen molar-refractivity contribution in [1.29, 1.82) is 0 Å². The van der Waals surface area contributed by atoms with Gasteiger partial charge in [0.1, 0.15) is 0 Å². The van der Waals surface area contributed by atoms with Crippen molar-refractivity contribution in [2.24, 2.45) is 5.41 Å². The quantitative estimate of drug-likeness (QED) is 0.332. The zero-order valence-electron chi connectivity index (χ0n) is 20.4. The zero-order valence-corrected chi connectivity index (χ0v) is 22.4. The number of rotatable bonds is 5. The van der Waals surface area contributed by atoms with Crippen molar-refractivity contribution in [2.75, 3.05) is 0 Å². The Morgan fingerprint density at radius 1 is 0.964 bits per heavy atom. The van der Waals surface area contributed by atoms with Gasteiger partial charge in [0.2, 0.25) is 0 Å². The van der Waals surface area contributed by atoms with Crippen LogP contribution in [0.2, 0.25) is 36.3 Å². The minimum absolute atomic E-state index is 0.0798. The van der Waals surface area contributed by atoms with Crippen LogP contribution < -0.4 is 0 Å². The van der Waals surface area contributed by atoms with Crippen molar-refractivity contribution in [1.82, 2.24) is 0 Å². The molecule has 0 radical (unpaired) electrons. The molecular formula is C24H46O2Si2. The summed E-state index contributed by atoms with van der Waals surface area (Å²) in [7, 11) is -3.77. The van der Waals surface area contributed by atoms with Gasteiger partial charge in [-0.25, -0.2) is 0 Å². The molecule has 3 atom stereocenters. The third-order valence-electron chi connectivity index (χ3n) is 8.14. The van der Waals surface area contributed by atoms with Crippen LogP contribution in [-0.4, -0.2) is 28.8 Å². The Hall–Kier alpha value is -0.166. The fourth-order valence-corrected chi connectivity index (χ4v) is 6.62. The largest absolute Gasteiger partial charge is 0.411 e. The van der Waals surface area contributed by atoms with Gasteiger partial charge in [-0.2, -0.15) is 0 Å². The molecule has 0 saturated heterocycles. The molecule has 0 aromatic carbocycles. The van der Waals surface area contributed by atoms with E-state index in [-0.39, 0.29) is 27.7 Å². The maximum atomic E-state index is 7.03. The monoisotopic (exact) mass is 422 g/mol. The summed E-state index contributed by atoms with van der Waals surface area (Å²) in [6.07, 6.45) is 10.9. The van der Waals surface area contributed by atoms with Crippen LogP contribution in [0, 0.1) is 5.41 Å². The zero-order chi connectivity index (χ0) is 21.6. The van der Waals surface area contributed by atoms with Crippen LogP contribution >= 0.6 is 0 Å². The van der Waals surface area contributed by atoms with Gasteiger partial charge in [-0.05, 0) is 61.9 Å². The van der Waals surface area contributed by atoms with Gasteiger partial charge in [0, 0.05) is 5.41 Å². The maximum absolute atomic E-state index is 7.03. The van der Waals surface area contributed by atoms with E-state index in [0.29, 0.717) is 0 Å². The second kappa shape index (κ2) is 7.83. The first kappa shape index (κ1) is 24.1. The lowest BCUT2D eigenvalue weighted by Gasteiger charge is -2.51. The molecule has 2 rings (SSSR count). The van der Waals surface area contributed by atoms with Crippen LogP contribution in [0.5, 0.6) is 0 Å². The first-order chi connectivity index (χ1) is 12.5. The van der Waals surface area contributed by atoms with Crippen molar-refractivity contribution in [2.45, 2.75) is 122 Å². The topological polar surface area (TPSA) is 18.5 Å². The molecule has 0 bridgehead atoms. The van der Waals surface area contributed by atoms with E-state index in [2.05, 4.69) is 86.5 Å². The average Bonchev–Trinajstić information content (AvgIpc) is 2.52. The van der Waals surface area contributed by atoms with Crippen molar-refractivity contribution in [3.63, 3.8) is 0 Å². The third kappa shape index (κ3) is 4.76. The lowest BCUT2D eigenvalue weighted by Crippen LogP contribution is -2.54. The van der Waals surface area contributed by atoms with Gasteiger partial charge < -0.3 is 8.85 Å². The van der Waals surface area contributed by atoms with Gasteiger partial charge in [-0.3, -0.25) is 0 Å². The second-order valence-electron chi connectivity index (χ2n) is 12.2. The van der Waals surface area contributed by atoms with E-state index >= 15 is 0 Å². The van der Waals surface area contributed by atoms with Crippen molar-refractivity contribution >= 4 is 16.6 Å². The minimum atomic E-state index is -1.89. The number of fused-ring (bicyclic) bond motifs is 1. The highest BCUT2D eigenvalue weighted by Gasteiger charge is 2.49. The summed E-state index contributed by atoms with van der Waals surface area (Å²) in [5, 5.41) is 0.402. The number of allylic oxidation sites excluding steroid dienone is 2. The molecule has 0 aromatic heterocycles. The predicted molar refractivity (Wildman–Crippen MR) is 128 cm³/mol. The van der Waals surface area contributed by atoms with Gasteiger partial charge in [-0.1, -0.05) is 65.7 Å². The molecule has 4 heteroatoms. The Kier molecular flexibility index (Phi) is 6.74. The van der Waals surface area contributed by atoms with Gasteiger partial charge >= 0.3 is 0 Å². The Labute approximate surface area is 177 Å². The smallest absolute Gasteiger partial charge is 0.193 e. The lowest BCUT2D eigenvalue weighted by molar-refractivity contribution is 0.0239. The van der Waals surface area contributed by atoms with Crippen molar-refractivity contribution < 1.29 is 8.85 Å². The Bertz CT molecular complexity index is 607. The SMILES string of the molecule is C=C[C@@]12CCCCC1=CC(O[Si](C)(C)C(C)(C)C)C(O[Si](C)(C)C(C)(C)C)C2. The molecule has 162 valence electrons. The second-order valence-corrected chi connectivity index (χ2v) is 21.7. The van der Waals surface area contributed by atoms with E-state index in [1.54, 1.807) is 5.57 Å². The van der Waals surface area contributed by atoms with Crippen LogP contribution in [0.4, 0.5) is 0 Å². The van der Waals surface area contributed by atoms with E-state index in [1.807, 2.05) is 0 Å². The van der Waals surface area contributed by atoms with Crippen LogP contribution in [0.1, 0.15) is 73.6 Å². The van der Waals surface area contributed by atoms with Gasteiger partial charge in [0.25, 0.3) is 0 Å². The first-order valence-electron chi connectivity index (χ1n) is 11.3. The summed E-state index contributed by atoms with van der Waals surface area (Å²) >= 11 is 0. The van der Waals surface area contributed by atoms with Crippen molar-refractivity contribution in [3.05, 3.63) is 24.3 Å². The molecule has 0 spiro atoms. The van der Waals surface area contributed by atoms with E-state index in [9.17, 15) is 0 Å². The first-order valence-corrected chi connectivity index (χ1v) is 17.1. The summed E-state index contributed by atoms with van der Waals surface area (Å²) < 4.78 is 14.0. The molecule has 28 heavy (non-hydrogen) atoms. The van der Waals surface area contributed by atoms with E-state index in [1.165, 1.54) is 25.7 Å². The van der Waals surface area contributed by atoms with Gasteiger partial charge in [0.15, 0.2) is 16.6 Å². The van der Waals surface area contributed by atoms with Crippen molar-refractivity contribution in [3.8, 4) is 0 Å². The van der Waals surface area contributed by atoms with Crippen LogP contribution in [-0.2, 0) is 8.85 Å². The van der Waals surface area contributed by atoms with Gasteiger partial charge in [-0.15, -0.1) is 6.58 Å². The summed E-state index contributed by atoms with van der Waals surface area (Å²) in [6, 6.07) is 0. The summed E-state index contributed by atoms with van der Waals surface area (Å²) in [5.74, 6) is 0. The van der Waals surface area contributed by atoms with E-state index in [0.717, 1.165) is 6.42 Å². The molecule has 2 aliphatic carbocycles. The van der Waals surface area contributed by atoms with E-state index < -0.39 is 16.6 Å². The van der Waals surface area contributed by atoms with Gasteiger partial charge in [0.05, 0.1) is 12.2 Å². The number of hydrogen-bond acceptors (Lipinski definition) is 2. The third-order valence-corrected chi connectivity index (χ3v) is 17.1. The fraction of sp³-hybridized carbons (Fsp3) is 0.833. The molecule has 2 nitrogen and oxygen atoms in total. The molecule has 1 saturated carbocycles. The fourth-order valence-electron chi connectivity index (χ4n) is 4.04. The molecule has 0 aromatic rings. The highest BCUT2D eigenvalue weighted by atomic mass is 28.4. The minimum Gasteiger partial charge on any atom is -0.411 e. The van der Waals surface area contributed by atoms with Crippen LogP contribution in [0.15, 0.2) is 24.3 Å².